The number of carbonyl (C=O) groups excluding carboxylic acids is 2. The van der Waals surface area contributed by atoms with Crippen LogP contribution in [0.3, 0.4) is 0 Å². The van der Waals surface area contributed by atoms with Gasteiger partial charge in [0.05, 0.1) is 0 Å². The summed E-state index contributed by atoms with van der Waals surface area (Å²) in [5.74, 6) is -0.421. The van der Waals surface area contributed by atoms with E-state index < -0.39 is 0 Å². The van der Waals surface area contributed by atoms with Gasteiger partial charge in [0.1, 0.15) is 5.69 Å². The molecule has 1 fully saturated rings. The van der Waals surface area contributed by atoms with Gasteiger partial charge in [-0.3, -0.25) is 14.6 Å². The first kappa shape index (κ1) is 19.4. The van der Waals surface area contributed by atoms with Gasteiger partial charge >= 0.3 is 0 Å². The van der Waals surface area contributed by atoms with Crippen LogP contribution in [0.5, 0.6) is 0 Å². The van der Waals surface area contributed by atoms with E-state index in [1.165, 1.54) is 12.6 Å². The molecule has 0 bridgehead atoms. The van der Waals surface area contributed by atoms with Gasteiger partial charge in [-0.15, -0.1) is 0 Å². The van der Waals surface area contributed by atoms with Gasteiger partial charge in [0.15, 0.2) is 0 Å². The van der Waals surface area contributed by atoms with Crippen LogP contribution >= 0.6 is 11.6 Å². The average Bonchev–Trinajstić information content (AvgIpc) is 2.70. The van der Waals surface area contributed by atoms with Crippen LogP contribution in [-0.2, 0) is 6.42 Å². The first-order valence-electron chi connectivity index (χ1n) is 9.41. The monoisotopic (exact) mass is 385 g/mol. The predicted octanol–water partition coefficient (Wildman–Crippen LogP) is 3.77. The largest absolute Gasteiger partial charge is 0.352 e. The lowest BCUT2D eigenvalue weighted by atomic mass is 9.95. The Hall–Kier alpha value is -2.40. The molecule has 0 unspecified atom stereocenters. The third-order valence-corrected chi connectivity index (χ3v) is 5.06. The molecule has 3 rings (SSSR count). The van der Waals surface area contributed by atoms with Gasteiger partial charge in [-0.1, -0.05) is 43.0 Å². The standard InChI is InChI=1S/C21H24ClN3O2/c22-17-8-6-15(7-9-17)10-12-24-20(26)16-11-13-23-19(14-16)21(27)25-18-4-2-1-3-5-18/h6-9,11,13-14,18H,1-5,10,12H2,(H,24,26)(H,25,27). The lowest BCUT2D eigenvalue weighted by Crippen LogP contribution is -2.36. The lowest BCUT2D eigenvalue weighted by Gasteiger charge is -2.22. The molecule has 0 spiro atoms. The summed E-state index contributed by atoms with van der Waals surface area (Å²) < 4.78 is 0. The Kier molecular flexibility index (Phi) is 6.82. The first-order valence-corrected chi connectivity index (χ1v) is 9.79. The summed E-state index contributed by atoms with van der Waals surface area (Å²) in [5.41, 5.74) is 1.82. The summed E-state index contributed by atoms with van der Waals surface area (Å²) in [4.78, 5) is 28.9. The van der Waals surface area contributed by atoms with Gasteiger partial charge in [-0.2, -0.15) is 0 Å². The minimum absolute atomic E-state index is 0.210. The maximum atomic E-state index is 12.4. The Morgan fingerprint density at radius 2 is 1.78 bits per heavy atom. The first-order chi connectivity index (χ1) is 13.1. The molecule has 1 heterocycles. The number of halogens is 1. The Morgan fingerprint density at radius 3 is 2.52 bits per heavy atom. The number of pyridine rings is 1. The van der Waals surface area contributed by atoms with E-state index in [0.29, 0.717) is 23.6 Å². The smallest absolute Gasteiger partial charge is 0.270 e. The molecule has 5 nitrogen and oxygen atoms in total. The zero-order valence-electron chi connectivity index (χ0n) is 15.2. The number of carbonyl (C=O) groups is 2. The molecule has 1 aromatic carbocycles. The van der Waals surface area contributed by atoms with E-state index in [1.807, 2.05) is 24.3 Å². The molecule has 2 aromatic rings. The normalized spacial score (nSPS) is 14.6. The van der Waals surface area contributed by atoms with Gasteiger partial charge in [0.25, 0.3) is 11.8 Å². The van der Waals surface area contributed by atoms with Crippen molar-refractivity contribution in [2.45, 2.75) is 44.6 Å². The molecule has 1 aromatic heterocycles. The van der Waals surface area contributed by atoms with Crippen molar-refractivity contribution in [1.82, 2.24) is 15.6 Å². The summed E-state index contributed by atoms with van der Waals surface area (Å²) in [6, 6.07) is 10.9. The second-order valence-electron chi connectivity index (χ2n) is 6.87. The van der Waals surface area contributed by atoms with Crippen LogP contribution in [-0.4, -0.2) is 29.4 Å². The lowest BCUT2D eigenvalue weighted by molar-refractivity contribution is 0.0922. The number of hydrogen-bond acceptors (Lipinski definition) is 3. The molecule has 1 aliphatic rings. The maximum Gasteiger partial charge on any atom is 0.270 e. The highest BCUT2D eigenvalue weighted by atomic mass is 35.5. The quantitative estimate of drug-likeness (QED) is 0.795. The van der Waals surface area contributed by atoms with Gasteiger partial charge in [0, 0.05) is 29.4 Å². The summed E-state index contributed by atoms with van der Waals surface area (Å²) in [6.45, 7) is 0.506. The van der Waals surface area contributed by atoms with Crippen LogP contribution in [0.25, 0.3) is 0 Å². The van der Waals surface area contributed by atoms with Crippen LogP contribution in [0, 0.1) is 0 Å². The van der Waals surface area contributed by atoms with E-state index >= 15 is 0 Å². The summed E-state index contributed by atoms with van der Waals surface area (Å²) in [6.07, 6.45) is 7.76. The van der Waals surface area contributed by atoms with Crippen LogP contribution in [0.1, 0.15) is 58.5 Å². The number of nitrogens with zero attached hydrogens (tertiary/aromatic N) is 1. The fourth-order valence-corrected chi connectivity index (χ4v) is 3.40. The van der Waals surface area contributed by atoms with Crippen molar-refractivity contribution in [3.8, 4) is 0 Å². The summed E-state index contributed by atoms with van der Waals surface area (Å²) in [5, 5.41) is 6.60. The van der Waals surface area contributed by atoms with Gasteiger partial charge in [-0.05, 0) is 49.1 Å². The average molecular weight is 386 g/mol. The Labute approximate surface area is 164 Å². The number of rotatable bonds is 6. The van der Waals surface area contributed by atoms with Gasteiger partial charge in [-0.25, -0.2) is 0 Å². The molecule has 0 saturated heterocycles. The van der Waals surface area contributed by atoms with Crippen molar-refractivity contribution in [1.29, 1.82) is 0 Å². The summed E-state index contributed by atoms with van der Waals surface area (Å²) in [7, 11) is 0. The molecule has 6 heteroatoms. The highest BCUT2D eigenvalue weighted by Gasteiger charge is 2.18. The Balaban J connectivity index is 1.53. The molecule has 27 heavy (non-hydrogen) atoms. The molecule has 2 N–H and O–H groups in total. The van der Waals surface area contributed by atoms with Crippen molar-refractivity contribution in [2.75, 3.05) is 6.54 Å². The highest BCUT2D eigenvalue weighted by Crippen LogP contribution is 2.17. The van der Waals surface area contributed by atoms with Crippen molar-refractivity contribution in [3.63, 3.8) is 0 Å². The molecular formula is C21H24ClN3O2. The van der Waals surface area contributed by atoms with Crippen LogP contribution in [0.15, 0.2) is 42.6 Å². The minimum atomic E-state index is -0.210. The molecular weight excluding hydrogens is 362 g/mol. The van der Waals surface area contributed by atoms with Crippen molar-refractivity contribution in [3.05, 3.63) is 64.4 Å². The topological polar surface area (TPSA) is 71.1 Å². The molecule has 0 radical (unpaired) electrons. The molecule has 142 valence electrons. The molecule has 1 aliphatic carbocycles. The third-order valence-electron chi connectivity index (χ3n) is 4.81. The van der Waals surface area contributed by atoms with Crippen molar-refractivity contribution < 1.29 is 9.59 Å². The second kappa shape index (κ2) is 9.51. The highest BCUT2D eigenvalue weighted by molar-refractivity contribution is 6.30. The van der Waals surface area contributed by atoms with E-state index in [4.69, 9.17) is 11.6 Å². The zero-order valence-corrected chi connectivity index (χ0v) is 16.0. The van der Waals surface area contributed by atoms with E-state index in [2.05, 4.69) is 15.6 Å². The second-order valence-corrected chi connectivity index (χ2v) is 7.31. The predicted molar refractivity (Wildman–Crippen MR) is 106 cm³/mol. The number of nitrogens with one attached hydrogen (secondary N) is 2. The molecule has 0 aliphatic heterocycles. The third kappa shape index (κ3) is 5.79. The maximum absolute atomic E-state index is 12.4. The number of aromatic nitrogens is 1. The van der Waals surface area contributed by atoms with E-state index in [9.17, 15) is 9.59 Å². The molecule has 1 saturated carbocycles. The fourth-order valence-electron chi connectivity index (χ4n) is 3.28. The molecule has 0 atom stereocenters. The SMILES string of the molecule is O=C(NCCc1ccc(Cl)cc1)c1ccnc(C(=O)NC2CCCCC2)c1. The number of hydrogen-bond donors (Lipinski definition) is 2. The zero-order chi connectivity index (χ0) is 19.1. The van der Waals surface area contributed by atoms with Crippen LogP contribution in [0.4, 0.5) is 0 Å². The van der Waals surface area contributed by atoms with E-state index in [1.54, 1.807) is 12.1 Å². The van der Waals surface area contributed by atoms with Gasteiger partial charge < -0.3 is 10.6 Å². The fraction of sp³-hybridized carbons (Fsp3) is 0.381. The van der Waals surface area contributed by atoms with Crippen molar-refractivity contribution >= 4 is 23.4 Å². The molecule has 2 amide bonds. The van der Waals surface area contributed by atoms with E-state index in [0.717, 1.165) is 31.2 Å². The Bertz CT molecular complexity index is 786. The minimum Gasteiger partial charge on any atom is -0.352 e. The van der Waals surface area contributed by atoms with Crippen LogP contribution in [0.2, 0.25) is 5.02 Å². The van der Waals surface area contributed by atoms with Crippen LogP contribution < -0.4 is 10.6 Å². The number of benzene rings is 1. The Morgan fingerprint density at radius 1 is 1.04 bits per heavy atom. The van der Waals surface area contributed by atoms with E-state index in [-0.39, 0.29) is 23.6 Å². The van der Waals surface area contributed by atoms with Crippen molar-refractivity contribution in [2.24, 2.45) is 0 Å². The number of amides is 2. The van der Waals surface area contributed by atoms with Gasteiger partial charge in [0.2, 0.25) is 0 Å². The summed E-state index contributed by atoms with van der Waals surface area (Å²) >= 11 is 5.87.